The molecule has 1 aliphatic rings. The number of ether oxygens (including phenoxy) is 2. The summed E-state index contributed by atoms with van der Waals surface area (Å²) < 4.78 is 10.3. The summed E-state index contributed by atoms with van der Waals surface area (Å²) in [5.41, 5.74) is 0.186. The monoisotopic (exact) mass is 388 g/mol. The van der Waals surface area contributed by atoms with Crippen molar-refractivity contribution in [1.29, 1.82) is 0 Å². The van der Waals surface area contributed by atoms with Crippen molar-refractivity contribution in [2.45, 2.75) is 32.4 Å². The third kappa shape index (κ3) is 4.92. The number of methoxy groups -OCH3 is 1. The second kappa shape index (κ2) is 7.70. The first kappa shape index (κ1) is 19.7. The molecule has 1 amide bonds. The predicted octanol–water partition coefficient (Wildman–Crippen LogP) is 3.59. The summed E-state index contributed by atoms with van der Waals surface area (Å²) in [6, 6.07) is 4.50. The number of rotatable bonds is 2. The molecule has 0 spiro atoms. The van der Waals surface area contributed by atoms with Crippen molar-refractivity contribution in [2.24, 2.45) is 0 Å². The molecular formula is C17H22Cl2N2O4. The Kier molecular flexibility index (Phi) is 6.06. The van der Waals surface area contributed by atoms with Crippen LogP contribution in [0.4, 0.5) is 10.5 Å². The maximum atomic E-state index is 12.4. The smallest absolute Gasteiger partial charge is 0.411 e. The maximum Gasteiger partial charge on any atom is 0.411 e. The van der Waals surface area contributed by atoms with E-state index < -0.39 is 23.7 Å². The van der Waals surface area contributed by atoms with Crippen molar-refractivity contribution < 1.29 is 19.1 Å². The van der Waals surface area contributed by atoms with Crippen molar-refractivity contribution in [3.63, 3.8) is 0 Å². The molecule has 0 bridgehead atoms. The number of hydrogen-bond acceptors (Lipinski definition) is 5. The van der Waals surface area contributed by atoms with E-state index in [1.54, 1.807) is 32.9 Å². The third-order valence-corrected chi connectivity index (χ3v) is 4.49. The lowest BCUT2D eigenvalue weighted by molar-refractivity contribution is -0.147. The molecule has 0 radical (unpaired) electrons. The summed E-state index contributed by atoms with van der Waals surface area (Å²) in [6.07, 6.45) is -0.531. The van der Waals surface area contributed by atoms with Crippen LogP contribution in [-0.4, -0.2) is 55.3 Å². The number of anilines is 1. The van der Waals surface area contributed by atoms with Gasteiger partial charge >= 0.3 is 12.1 Å². The molecule has 8 heteroatoms. The van der Waals surface area contributed by atoms with Gasteiger partial charge in [-0.3, -0.25) is 4.90 Å². The van der Waals surface area contributed by atoms with E-state index in [-0.39, 0.29) is 6.54 Å². The van der Waals surface area contributed by atoms with Gasteiger partial charge in [0.15, 0.2) is 6.04 Å². The van der Waals surface area contributed by atoms with E-state index >= 15 is 0 Å². The second-order valence-corrected chi connectivity index (χ2v) is 7.57. The minimum Gasteiger partial charge on any atom is -0.467 e. The van der Waals surface area contributed by atoms with Crippen molar-refractivity contribution in [2.75, 3.05) is 31.6 Å². The summed E-state index contributed by atoms with van der Waals surface area (Å²) in [5, 5.41) is 0.894. The fourth-order valence-corrected chi connectivity index (χ4v) is 2.87. The first-order valence-electron chi connectivity index (χ1n) is 7.90. The molecule has 138 valence electrons. The number of piperazine rings is 1. The summed E-state index contributed by atoms with van der Waals surface area (Å²) in [7, 11) is 1.30. The lowest BCUT2D eigenvalue weighted by atomic mass is 10.1. The molecule has 1 heterocycles. The van der Waals surface area contributed by atoms with Gasteiger partial charge in [-0.15, -0.1) is 0 Å². The average molecular weight is 389 g/mol. The Bertz CT molecular complexity index is 661. The Morgan fingerprint density at radius 1 is 1.16 bits per heavy atom. The number of benzene rings is 1. The van der Waals surface area contributed by atoms with Gasteiger partial charge in [0.25, 0.3) is 0 Å². The van der Waals surface area contributed by atoms with Crippen LogP contribution in [0.2, 0.25) is 10.0 Å². The van der Waals surface area contributed by atoms with Gasteiger partial charge in [-0.2, -0.15) is 0 Å². The Morgan fingerprint density at radius 2 is 1.84 bits per heavy atom. The highest BCUT2D eigenvalue weighted by Crippen LogP contribution is 2.29. The number of carbonyl (C=O) groups is 2. The highest BCUT2D eigenvalue weighted by Gasteiger charge is 2.38. The Labute approximate surface area is 157 Å². The quantitative estimate of drug-likeness (QED) is 0.724. The molecule has 1 unspecified atom stereocenters. The van der Waals surface area contributed by atoms with Gasteiger partial charge in [-0.05, 0) is 39.0 Å². The number of esters is 1. The SMILES string of the molecule is COC(=O)C1CN(c2ccc(Cl)c(Cl)c2)CCN1C(=O)OC(C)(C)C. The summed E-state index contributed by atoms with van der Waals surface area (Å²) in [5.74, 6) is -0.490. The van der Waals surface area contributed by atoms with E-state index in [9.17, 15) is 9.59 Å². The normalized spacial score (nSPS) is 18.1. The average Bonchev–Trinajstić information content (AvgIpc) is 2.54. The van der Waals surface area contributed by atoms with E-state index in [0.717, 1.165) is 5.69 Å². The molecule has 1 fully saturated rings. The summed E-state index contributed by atoms with van der Waals surface area (Å²) in [6.45, 7) is 6.49. The second-order valence-electron chi connectivity index (χ2n) is 6.76. The zero-order valence-corrected chi connectivity index (χ0v) is 16.2. The van der Waals surface area contributed by atoms with Gasteiger partial charge in [0, 0.05) is 25.3 Å². The highest BCUT2D eigenvalue weighted by molar-refractivity contribution is 6.42. The van der Waals surface area contributed by atoms with Gasteiger partial charge in [0.2, 0.25) is 0 Å². The zero-order valence-electron chi connectivity index (χ0n) is 14.7. The Balaban J connectivity index is 2.20. The van der Waals surface area contributed by atoms with Crippen LogP contribution in [0.1, 0.15) is 20.8 Å². The van der Waals surface area contributed by atoms with Crippen LogP contribution in [0.25, 0.3) is 0 Å². The van der Waals surface area contributed by atoms with E-state index in [1.165, 1.54) is 12.0 Å². The molecule has 1 aliphatic heterocycles. The predicted molar refractivity (Wildman–Crippen MR) is 97.4 cm³/mol. The number of carbonyl (C=O) groups excluding carboxylic acids is 2. The molecule has 2 rings (SSSR count). The molecular weight excluding hydrogens is 367 g/mol. The van der Waals surface area contributed by atoms with Crippen LogP contribution in [0, 0.1) is 0 Å². The minimum atomic E-state index is -0.761. The van der Waals surface area contributed by atoms with Crippen molar-refractivity contribution in [3.8, 4) is 0 Å². The molecule has 1 aromatic rings. The molecule has 25 heavy (non-hydrogen) atoms. The maximum absolute atomic E-state index is 12.4. The van der Waals surface area contributed by atoms with Crippen LogP contribution in [-0.2, 0) is 14.3 Å². The fraction of sp³-hybridized carbons (Fsp3) is 0.529. The number of halogens is 2. The van der Waals surface area contributed by atoms with E-state index in [2.05, 4.69) is 0 Å². The molecule has 0 saturated carbocycles. The van der Waals surface area contributed by atoms with Crippen LogP contribution < -0.4 is 4.90 Å². The third-order valence-electron chi connectivity index (χ3n) is 3.75. The van der Waals surface area contributed by atoms with Gasteiger partial charge in [0.05, 0.1) is 17.2 Å². The fourth-order valence-electron chi connectivity index (χ4n) is 2.58. The largest absolute Gasteiger partial charge is 0.467 e. The zero-order chi connectivity index (χ0) is 18.8. The van der Waals surface area contributed by atoms with E-state index in [4.69, 9.17) is 32.7 Å². The van der Waals surface area contributed by atoms with Crippen LogP contribution in [0.15, 0.2) is 18.2 Å². The number of nitrogens with zero attached hydrogens (tertiary/aromatic N) is 2. The molecule has 1 saturated heterocycles. The Morgan fingerprint density at radius 3 is 2.40 bits per heavy atom. The first-order chi connectivity index (χ1) is 11.6. The number of amides is 1. The van der Waals surface area contributed by atoms with Crippen molar-refractivity contribution in [3.05, 3.63) is 28.2 Å². The van der Waals surface area contributed by atoms with Crippen LogP contribution >= 0.6 is 23.2 Å². The van der Waals surface area contributed by atoms with Crippen LogP contribution in [0.5, 0.6) is 0 Å². The molecule has 6 nitrogen and oxygen atoms in total. The first-order valence-corrected chi connectivity index (χ1v) is 8.65. The molecule has 1 atom stereocenters. The number of hydrogen-bond donors (Lipinski definition) is 0. The minimum absolute atomic E-state index is 0.282. The lowest BCUT2D eigenvalue weighted by Gasteiger charge is -2.41. The molecule has 0 aliphatic carbocycles. The van der Waals surface area contributed by atoms with Gasteiger partial charge in [-0.1, -0.05) is 23.2 Å². The van der Waals surface area contributed by atoms with Crippen LogP contribution in [0.3, 0.4) is 0 Å². The Hall–Kier alpha value is -1.66. The van der Waals surface area contributed by atoms with E-state index in [1.807, 2.05) is 11.0 Å². The van der Waals surface area contributed by atoms with Crippen molar-refractivity contribution >= 4 is 41.0 Å². The summed E-state index contributed by atoms with van der Waals surface area (Å²) >= 11 is 12.0. The summed E-state index contributed by atoms with van der Waals surface area (Å²) in [4.78, 5) is 28.0. The van der Waals surface area contributed by atoms with Gasteiger partial charge in [-0.25, -0.2) is 9.59 Å². The molecule has 1 aromatic carbocycles. The lowest BCUT2D eigenvalue weighted by Crippen LogP contribution is -2.59. The van der Waals surface area contributed by atoms with Gasteiger partial charge < -0.3 is 14.4 Å². The molecule has 0 N–H and O–H groups in total. The standard InChI is InChI=1S/C17H22Cl2N2O4/c1-17(2,3)25-16(23)21-8-7-20(10-14(21)15(22)24-4)11-5-6-12(18)13(19)9-11/h5-6,9,14H,7-8,10H2,1-4H3. The van der Waals surface area contributed by atoms with Crippen molar-refractivity contribution in [1.82, 2.24) is 4.90 Å². The van der Waals surface area contributed by atoms with E-state index in [0.29, 0.717) is 23.1 Å². The topological polar surface area (TPSA) is 59.1 Å². The molecule has 0 aromatic heterocycles. The highest BCUT2D eigenvalue weighted by atomic mass is 35.5. The van der Waals surface area contributed by atoms with Gasteiger partial charge in [0.1, 0.15) is 5.60 Å².